The van der Waals surface area contributed by atoms with Crippen molar-refractivity contribution in [1.82, 2.24) is 25.0 Å². The minimum absolute atomic E-state index is 0.0874. The molecule has 3 aromatic heterocycles. The van der Waals surface area contributed by atoms with E-state index in [2.05, 4.69) is 27.2 Å². The minimum atomic E-state index is -0.550. The lowest BCUT2D eigenvalue weighted by atomic mass is 9.68. The van der Waals surface area contributed by atoms with Gasteiger partial charge in [-0.3, -0.25) is 14.8 Å². The molecular weight excluding hydrogens is 416 g/mol. The van der Waals surface area contributed by atoms with Crippen molar-refractivity contribution in [2.24, 2.45) is 11.7 Å². The summed E-state index contributed by atoms with van der Waals surface area (Å²) in [6, 6.07) is 15.6. The Balaban J connectivity index is 1.60. The van der Waals surface area contributed by atoms with Crippen molar-refractivity contribution in [2.45, 2.75) is 24.8 Å². The van der Waals surface area contributed by atoms with Crippen LogP contribution in [0.1, 0.15) is 29.6 Å². The predicted octanol–water partition coefficient (Wildman–Crippen LogP) is 3.20. The van der Waals surface area contributed by atoms with Gasteiger partial charge in [0.15, 0.2) is 0 Å². The zero-order chi connectivity index (χ0) is 23.0. The molecule has 0 saturated heterocycles. The summed E-state index contributed by atoms with van der Waals surface area (Å²) in [6.07, 6.45) is 6.21. The summed E-state index contributed by atoms with van der Waals surface area (Å²) in [4.78, 5) is 21.9. The SMILES string of the molecule is N#CC[C@]1(n2ncc(-c3cc(-c4ccc(C(N)=O)cn4)cc4ncccc34)n2)C[C@@H](C#N)C1. The lowest BCUT2D eigenvalue weighted by Gasteiger charge is -2.42. The van der Waals surface area contributed by atoms with Crippen LogP contribution in [0, 0.1) is 28.6 Å². The third kappa shape index (κ3) is 3.46. The van der Waals surface area contributed by atoms with Crippen LogP contribution in [0.25, 0.3) is 33.4 Å². The van der Waals surface area contributed by atoms with Crippen molar-refractivity contribution in [2.75, 3.05) is 0 Å². The second kappa shape index (κ2) is 7.81. The molecule has 0 unspecified atom stereocenters. The fourth-order valence-electron chi connectivity index (χ4n) is 4.34. The van der Waals surface area contributed by atoms with Gasteiger partial charge >= 0.3 is 0 Å². The van der Waals surface area contributed by atoms with E-state index in [4.69, 9.17) is 10.8 Å². The van der Waals surface area contributed by atoms with Crippen LogP contribution in [0.3, 0.4) is 0 Å². The summed E-state index contributed by atoms with van der Waals surface area (Å²) < 4.78 is 0. The molecule has 33 heavy (non-hydrogen) atoms. The molecule has 9 nitrogen and oxygen atoms in total. The number of rotatable bonds is 5. The number of pyridine rings is 2. The van der Waals surface area contributed by atoms with E-state index in [1.54, 1.807) is 29.3 Å². The molecule has 1 fully saturated rings. The summed E-state index contributed by atoms with van der Waals surface area (Å²) in [5, 5.41) is 28.6. The summed E-state index contributed by atoms with van der Waals surface area (Å²) in [7, 11) is 0. The van der Waals surface area contributed by atoms with Crippen LogP contribution in [0.15, 0.2) is 55.0 Å². The Hall–Kier alpha value is -4.63. The molecular formula is C24H18N8O. The quantitative estimate of drug-likeness (QED) is 0.507. The topological polar surface area (TPSA) is 147 Å². The van der Waals surface area contributed by atoms with E-state index in [9.17, 15) is 15.3 Å². The Morgan fingerprint density at radius 3 is 2.70 bits per heavy atom. The van der Waals surface area contributed by atoms with Crippen molar-refractivity contribution >= 4 is 16.8 Å². The Kier molecular flexibility index (Phi) is 4.80. The molecule has 1 saturated carbocycles. The number of amides is 1. The largest absolute Gasteiger partial charge is 0.366 e. The smallest absolute Gasteiger partial charge is 0.250 e. The molecule has 9 heteroatoms. The van der Waals surface area contributed by atoms with Gasteiger partial charge in [-0.2, -0.15) is 25.5 Å². The first-order valence-corrected chi connectivity index (χ1v) is 10.4. The molecule has 2 N–H and O–H groups in total. The van der Waals surface area contributed by atoms with Gasteiger partial charge in [-0.05, 0) is 43.2 Å². The standard InChI is InChI=1S/C24H18N8O/c25-6-5-24(10-15(11-24)12-26)32-30-14-22(31-32)19-8-17(9-21-18(19)2-1-7-28-21)20-4-3-16(13-29-20)23(27)33/h1-4,7-9,13-15H,5,10-11H2,(H2,27,33)/t15-,24+. The van der Waals surface area contributed by atoms with E-state index < -0.39 is 11.4 Å². The molecule has 0 atom stereocenters. The maximum atomic E-state index is 11.4. The highest BCUT2D eigenvalue weighted by molar-refractivity contribution is 5.97. The molecule has 5 rings (SSSR count). The first kappa shape index (κ1) is 20.3. The van der Waals surface area contributed by atoms with Gasteiger partial charge in [0, 0.05) is 28.9 Å². The highest BCUT2D eigenvalue weighted by Gasteiger charge is 2.48. The van der Waals surface area contributed by atoms with Gasteiger partial charge in [0.1, 0.15) is 5.69 Å². The van der Waals surface area contributed by atoms with Crippen LogP contribution in [-0.2, 0) is 5.54 Å². The second-order valence-corrected chi connectivity index (χ2v) is 8.20. The second-order valence-electron chi connectivity index (χ2n) is 8.20. The van der Waals surface area contributed by atoms with Gasteiger partial charge < -0.3 is 5.73 Å². The molecule has 3 heterocycles. The molecule has 0 radical (unpaired) electrons. The maximum absolute atomic E-state index is 11.4. The summed E-state index contributed by atoms with van der Waals surface area (Å²) in [5.74, 6) is -0.622. The van der Waals surface area contributed by atoms with Crippen LogP contribution >= 0.6 is 0 Å². The zero-order valence-electron chi connectivity index (χ0n) is 17.5. The van der Waals surface area contributed by atoms with Crippen LogP contribution in [0.5, 0.6) is 0 Å². The Labute approximate surface area is 189 Å². The van der Waals surface area contributed by atoms with E-state index in [0.717, 1.165) is 22.0 Å². The van der Waals surface area contributed by atoms with E-state index >= 15 is 0 Å². The van der Waals surface area contributed by atoms with E-state index in [0.29, 0.717) is 29.8 Å². The van der Waals surface area contributed by atoms with Crippen LogP contribution in [-0.4, -0.2) is 30.9 Å². The van der Waals surface area contributed by atoms with Crippen molar-refractivity contribution in [1.29, 1.82) is 10.5 Å². The molecule has 1 aliphatic carbocycles. The number of primary amides is 1. The lowest BCUT2D eigenvalue weighted by Crippen LogP contribution is -2.47. The number of nitrogens with two attached hydrogens (primary N) is 1. The highest BCUT2D eigenvalue weighted by atomic mass is 16.1. The third-order valence-corrected chi connectivity index (χ3v) is 6.10. The van der Waals surface area contributed by atoms with Crippen molar-refractivity contribution < 1.29 is 4.79 Å². The summed E-state index contributed by atoms with van der Waals surface area (Å²) in [6.45, 7) is 0. The minimum Gasteiger partial charge on any atom is -0.366 e. The normalized spacial score (nSPS) is 19.4. The van der Waals surface area contributed by atoms with E-state index in [1.165, 1.54) is 6.20 Å². The first-order valence-electron chi connectivity index (χ1n) is 10.4. The molecule has 1 amide bonds. The number of hydrogen-bond acceptors (Lipinski definition) is 7. The monoisotopic (exact) mass is 434 g/mol. The zero-order valence-corrected chi connectivity index (χ0v) is 17.5. The van der Waals surface area contributed by atoms with Crippen LogP contribution < -0.4 is 5.73 Å². The lowest BCUT2D eigenvalue weighted by molar-refractivity contribution is 0.0713. The first-order chi connectivity index (χ1) is 16.0. The highest BCUT2D eigenvalue weighted by Crippen LogP contribution is 2.45. The molecule has 0 spiro atoms. The number of aromatic nitrogens is 5. The van der Waals surface area contributed by atoms with Gasteiger partial charge in [0.25, 0.3) is 0 Å². The molecule has 0 bridgehead atoms. The number of nitrogens with zero attached hydrogens (tertiary/aromatic N) is 7. The fourth-order valence-corrected chi connectivity index (χ4v) is 4.34. The third-order valence-electron chi connectivity index (χ3n) is 6.10. The van der Waals surface area contributed by atoms with Crippen LogP contribution in [0.4, 0.5) is 0 Å². The Morgan fingerprint density at radius 2 is 2.00 bits per heavy atom. The van der Waals surface area contributed by atoms with E-state index in [-0.39, 0.29) is 12.3 Å². The van der Waals surface area contributed by atoms with Gasteiger partial charge in [-0.1, -0.05) is 6.07 Å². The number of benzene rings is 1. The molecule has 0 aliphatic heterocycles. The Morgan fingerprint density at radius 1 is 1.15 bits per heavy atom. The Bertz CT molecular complexity index is 1450. The predicted molar refractivity (Wildman–Crippen MR) is 119 cm³/mol. The number of carbonyl (C=O) groups excluding carboxylic acids is 1. The summed E-state index contributed by atoms with van der Waals surface area (Å²) >= 11 is 0. The van der Waals surface area contributed by atoms with Gasteiger partial charge in [0.2, 0.25) is 5.91 Å². The van der Waals surface area contributed by atoms with Crippen molar-refractivity contribution in [3.8, 4) is 34.7 Å². The average molecular weight is 434 g/mol. The van der Waals surface area contributed by atoms with Crippen molar-refractivity contribution in [3.05, 3.63) is 60.6 Å². The fraction of sp³-hybridized carbons (Fsp3) is 0.208. The van der Waals surface area contributed by atoms with Gasteiger partial charge in [-0.25, -0.2) is 0 Å². The number of hydrogen-bond donors (Lipinski definition) is 1. The average Bonchev–Trinajstić information content (AvgIpc) is 3.31. The van der Waals surface area contributed by atoms with Crippen molar-refractivity contribution in [3.63, 3.8) is 0 Å². The van der Waals surface area contributed by atoms with Crippen LogP contribution in [0.2, 0.25) is 0 Å². The number of fused-ring (bicyclic) bond motifs is 1. The number of carbonyl (C=O) groups is 1. The number of nitriles is 2. The molecule has 1 aromatic carbocycles. The molecule has 1 aliphatic rings. The molecule has 4 aromatic rings. The van der Waals surface area contributed by atoms with Gasteiger partial charge in [0.05, 0.1) is 53.0 Å². The maximum Gasteiger partial charge on any atom is 0.250 e. The van der Waals surface area contributed by atoms with E-state index in [1.807, 2.05) is 24.3 Å². The van der Waals surface area contributed by atoms with Gasteiger partial charge in [-0.15, -0.1) is 0 Å². The molecule has 160 valence electrons. The summed E-state index contributed by atoms with van der Waals surface area (Å²) in [5.41, 5.74) is 8.81.